The fourth-order valence-corrected chi connectivity index (χ4v) is 4.00. The molecule has 7 heteroatoms. The average molecular weight is 392 g/mol. The lowest BCUT2D eigenvalue weighted by Gasteiger charge is -2.31. The number of hydrogen-bond donors (Lipinski definition) is 3. The van der Waals surface area contributed by atoms with Gasteiger partial charge < -0.3 is 9.73 Å². The van der Waals surface area contributed by atoms with Crippen molar-refractivity contribution in [1.29, 1.82) is 0 Å². The maximum absolute atomic E-state index is 12.5. The van der Waals surface area contributed by atoms with E-state index in [0.29, 0.717) is 17.5 Å². The molecule has 3 unspecified atom stereocenters. The van der Waals surface area contributed by atoms with Gasteiger partial charge in [0.15, 0.2) is 0 Å². The summed E-state index contributed by atoms with van der Waals surface area (Å²) >= 11 is 3.38. The van der Waals surface area contributed by atoms with E-state index in [1.54, 1.807) is 18.2 Å². The van der Waals surface area contributed by atoms with E-state index < -0.39 is 5.63 Å². The Morgan fingerprint density at radius 1 is 1.29 bits per heavy atom. The third-order valence-electron chi connectivity index (χ3n) is 4.92. The molecule has 6 nitrogen and oxygen atoms in total. The number of fused-ring (bicyclic) bond motifs is 2. The summed E-state index contributed by atoms with van der Waals surface area (Å²) in [6, 6.07) is 7.39. The van der Waals surface area contributed by atoms with Crippen LogP contribution in [-0.2, 0) is 0 Å². The minimum Gasteiger partial charge on any atom is -0.422 e. The molecule has 3 atom stereocenters. The van der Waals surface area contributed by atoms with Crippen LogP contribution in [0, 0.1) is 5.92 Å². The second kappa shape index (κ2) is 6.31. The quantitative estimate of drug-likeness (QED) is 0.681. The smallest absolute Gasteiger partial charge is 0.349 e. The molecule has 0 radical (unpaired) electrons. The average Bonchev–Trinajstić information content (AvgIpc) is 3.02. The molecule has 24 heavy (non-hydrogen) atoms. The number of benzene rings is 1. The van der Waals surface area contributed by atoms with Gasteiger partial charge >= 0.3 is 5.63 Å². The Morgan fingerprint density at radius 2 is 2.17 bits per heavy atom. The van der Waals surface area contributed by atoms with Gasteiger partial charge in [0.1, 0.15) is 11.1 Å². The first-order valence-electron chi connectivity index (χ1n) is 8.13. The molecule has 2 aromatic rings. The number of hydrogen-bond acceptors (Lipinski definition) is 5. The lowest BCUT2D eigenvalue weighted by Crippen LogP contribution is -2.46. The Kier molecular flexibility index (Phi) is 4.15. The topological polar surface area (TPSA) is 83.4 Å². The van der Waals surface area contributed by atoms with Crippen molar-refractivity contribution >= 4 is 32.8 Å². The van der Waals surface area contributed by atoms with Crippen molar-refractivity contribution in [3.8, 4) is 0 Å². The van der Waals surface area contributed by atoms with E-state index in [1.165, 1.54) is 0 Å². The number of carbonyl (C=O) groups excluding carboxylic acids is 1. The van der Waals surface area contributed by atoms with Crippen LogP contribution in [0.15, 0.2) is 37.9 Å². The maximum Gasteiger partial charge on any atom is 0.349 e. The number of halogens is 1. The molecule has 1 saturated heterocycles. The second-order valence-corrected chi connectivity index (χ2v) is 7.42. The Balaban J connectivity index is 1.54. The molecule has 1 saturated carbocycles. The van der Waals surface area contributed by atoms with Crippen LogP contribution in [0.5, 0.6) is 0 Å². The SMILES string of the molecule is O=C(NC1CCC2CNNC2C1)c1cc2cc(Br)ccc2oc1=O. The van der Waals surface area contributed by atoms with Crippen LogP contribution in [0.2, 0.25) is 0 Å². The Hall–Kier alpha value is -1.70. The van der Waals surface area contributed by atoms with Gasteiger partial charge in [-0.2, -0.15) is 0 Å². The number of carbonyl (C=O) groups is 1. The van der Waals surface area contributed by atoms with Crippen molar-refractivity contribution in [3.05, 3.63) is 44.7 Å². The highest BCUT2D eigenvalue weighted by Gasteiger charge is 2.34. The van der Waals surface area contributed by atoms with Gasteiger partial charge in [-0.15, -0.1) is 0 Å². The van der Waals surface area contributed by atoms with Crippen molar-refractivity contribution in [2.75, 3.05) is 6.54 Å². The fraction of sp³-hybridized carbons (Fsp3) is 0.412. The highest BCUT2D eigenvalue weighted by atomic mass is 79.9. The van der Waals surface area contributed by atoms with E-state index in [2.05, 4.69) is 32.1 Å². The van der Waals surface area contributed by atoms with Crippen molar-refractivity contribution in [1.82, 2.24) is 16.2 Å². The summed E-state index contributed by atoms with van der Waals surface area (Å²) < 4.78 is 6.14. The van der Waals surface area contributed by atoms with Gasteiger partial charge in [-0.25, -0.2) is 4.79 Å². The molecule has 1 aromatic heterocycles. The highest BCUT2D eigenvalue weighted by Crippen LogP contribution is 2.27. The van der Waals surface area contributed by atoms with E-state index in [0.717, 1.165) is 35.7 Å². The molecule has 2 aliphatic rings. The minimum absolute atomic E-state index is 0.0558. The Bertz CT molecular complexity index is 851. The first-order chi connectivity index (χ1) is 11.6. The first-order valence-corrected chi connectivity index (χ1v) is 8.92. The van der Waals surface area contributed by atoms with E-state index in [1.807, 2.05) is 6.07 Å². The monoisotopic (exact) mass is 391 g/mol. The minimum atomic E-state index is -0.600. The molecule has 3 N–H and O–H groups in total. The molecule has 2 heterocycles. The van der Waals surface area contributed by atoms with Crippen LogP contribution in [0.1, 0.15) is 29.6 Å². The van der Waals surface area contributed by atoms with Crippen molar-refractivity contribution in [2.24, 2.45) is 5.92 Å². The van der Waals surface area contributed by atoms with Crippen molar-refractivity contribution in [2.45, 2.75) is 31.3 Å². The van der Waals surface area contributed by atoms with Crippen LogP contribution >= 0.6 is 15.9 Å². The zero-order valence-electron chi connectivity index (χ0n) is 13.0. The predicted molar refractivity (Wildman–Crippen MR) is 93.7 cm³/mol. The van der Waals surface area contributed by atoms with Crippen molar-refractivity contribution < 1.29 is 9.21 Å². The molecule has 0 bridgehead atoms. The highest BCUT2D eigenvalue weighted by molar-refractivity contribution is 9.10. The zero-order chi connectivity index (χ0) is 16.7. The molecule has 0 spiro atoms. The first kappa shape index (κ1) is 15.8. The van der Waals surface area contributed by atoms with Crippen LogP contribution in [0.25, 0.3) is 11.0 Å². The standard InChI is InChI=1S/C17H18BrN3O3/c18-11-2-4-15-10(5-11)6-13(17(23)24-15)16(22)20-12-3-1-9-8-19-21-14(9)7-12/h2,4-6,9,12,14,19,21H,1,3,7-8H2,(H,20,22). The van der Waals surface area contributed by atoms with Crippen LogP contribution < -0.4 is 21.8 Å². The lowest BCUT2D eigenvalue weighted by atomic mass is 9.83. The maximum atomic E-state index is 12.5. The summed E-state index contributed by atoms with van der Waals surface area (Å²) in [5, 5.41) is 3.71. The van der Waals surface area contributed by atoms with E-state index in [9.17, 15) is 9.59 Å². The second-order valence-electron chi connectivity index (χ2n) is 6.50. The predicted octanol–water partition coefficient (Wildman–Crippen LogP) is 1.93. The fourth-order valence-electron chi connectivity index (χ4n) is 3.62. The zero-order valence-corrected chi connectivity index (χ0v) is 14.6. The Labute approximate surface area is 147 Å². The molecule has 126 valence electrons. The molecule has 4 rings (SSSR count). The van der Waals surface area contributed by atoms with Crippen LogP contribution in [0.4, 0.5) is 0 Å². The van der Waals surface area contributed by atoms with Crippen LogP contribution in [0.3, 0.4) is 0 Å². The number of rotatable bonds is 2. The summed E-state index contributed by atoms with van der Waals surface area (Å²) in [6.07, 6.45) is 2.86. The number of amides is 1. The molecule has 1 aliphatic carbocycles. The summed E-state index contributed by atoms with van der Waals surface area (Å²) in [7, 11) is 0. The van der Waals surface area contributed by atoms with Gasteiger partial charge in [-0.3, -0.25) is 15.6 Å². The van der Waals surface area contributed by atoms with Gasteiger partial charge in [0, 0.05) is 28.5 Å². The van der Waals surface area contributed by atoms with E-state index in [-0.39, 0.29) is 17.5 Å². The van der Waals surface area contributed by atoms with Gasteiger partial charge in [0.25, 0.3) is 5.91 Å². The third-order valence-corrected chi connectivity index (χ3v) is 5.41. The third kappa shape index (κ3) is 2.99. The van der Waals surface area contributed by atoms with Gasteiger partial charge in [-0.1, -0.05) is 15.9 Å². The van der Waals surface area contributed by atoms with Crippen LogP contribution in [-0.4, -0.2) is 24.5 Å². The molecular weight excluding hydrogens is 374 g/mol. The van der Waals surface area contributed by atoms with Gasteiger partial charge in [-0.05, 0) is 49.4 Å². The van der Waals surface area contributed by atoms with E-state index >= 15 is 0 Å². The van der Waals surface area contributed by atoms with Crippen molar-refractivity contribution in [3.63, 3.8) is 0 Å². The summed E-state index contributed by atoms with van der Waals surface area (Å²) in [5.41, 5.74) is 6.36. The summed E-state index contributed by atoms with van der Waals surface area (Å²) in [4.78, 5) is 24.7. The number of nitrogens with one attached hydrogen (secondary N) is 3. The molecule has 2 fully saturated rings. The number of hydrazine groups is 1. The molecular formula is C17H18BrN3O3. The molecule has 1 aromatic carbocycles. The summed E-state index contributed by atoms with van der Waals surface area (Å²) in [5.74, 6) is 0.265. The Morgan fingerprint density at radius 3 is 3.04 bits per heavy atom. The van der Waals surface area contributed by atoms with Gasteiger partial charge in [0.2, 0.25) is 0 Å². The molecule has 1 aliphatic heterocycles. The van der Waals surface area contributed by atoms with E-state index in [4.69, 9.17) is 4.42 Å². The van der Waals surface area contributed by atoms with Gasteiger partial charge in [0.05, 0.1) is 0 Å². The summed E-state index contributed by atoms with van der Waals surface area (Å²) in [6.45, 7) is 0.981. The normalized spacial score (nSPS) is 26.3. The molecule has 1 amide bonds. The lowest BCUT2D eigenvalue weighted by molar-refractivity contribution is 0.0915. The largest absolute Gasteiger partial charge is 0.422 e.